The molecule has 0 aliphatic carbocycles. The molecule has 11 nitrogen and oxygen atoms in total. The third-order valence-electron chi connectivity index (χ3n) is 7.11. The number of rotatable bonds is 9. The van der Waals surface area contributed by atoms with Crippen molar-refractivity contribution in [3.63, 3.8) is 0 Å². The van der Waals surface area contributed by atoms with Crippen LogP contribution in [-0.2, 0) is 10.0 Å². The second-order valence-corrected chi connectivity index (χ2v) is 12.0. The van der Waals surface area contributed by atoms with Crippen LogP contribution < -0.4 is 19.5 Å². The number of aliphatic hydroxyl groups excluding tert-OH is 1. The molecule has 224 valence electrons. The van der Waals surface area contributed by atoms with Crippen molar-refractivity contribution in [2.45, 2.75) is 30.9 Å². The number of anilines is 2. The Hall–Kier alpha value is -4.29. The van der Waals surface area contributed by atoms with Crippen LogP contribution in [-0.4, -0.2) is 81.3 Å². The summed E-state index contributed by atoms with van der Waals surface area (Å²) >= 11 is 0. The fourth-order valence-corrected chi connectivity index (χ4v) is 5.62. The maximum absolute atomic E-state index is 13.7. The topological polar surface area (TPSA) is 138 Å². The van der Waals surface area contributed by atoms with Gasteiger partial charge in [-0.15, -0.1) is 0 Å². The molecule has 0 bridgehead atoms. The number of urea groups is 1. The summed E-state index contributed by atoms with van der Waals surface area (Å²) < 4.78 is 40.0. The number of carbonyl (C=O) groups is 2. The lowest BCUT2D eigenvalue weighted by atomic mass is 9.99. The zero-order chi connectivity index (χ0) is 30.4. The van der Waals surface area contributed by atoms with Crippen molar-refractivity contribution in [1.82, 2.24) is 9.80 Å². The van der Waals surface area contributed by atoms with Crippen LogP contribution in [0.3, 0.4) is 0 Å². The quantitative estimate of drug-likeness (QED) is 0.341. The van der Waals surface area contributed by atoms with Crippen LogP contribution in [0.4, 0.5) is 16.2 Å². The lowest BCUT2D eigenvalue weighted by Crippen LogP contribution is -2.50. The molecule has 0 saturated heterocycles. The molecule has 0 saturated carbocycles. The number of nitrogens with zero attached hydrogens (tertiary/aromatic N) is 2. The van der Waals surface area contributed by atoms with Gasteiger partial charge < -0.3 is 29.7 Å². The van der Waals surface area contributed by atoms with E-state index in [0.29, 0.717) is 11.4 Å². The average Bonchev–Trinajstić information content (AvgIpc) is 2.99. The Bertz CT molecular complexity index is 1500. The van der Waals surface area contributed by atoms with Gasteiger partial charge >= 0.3 is 6.03 Å². The molecular weight excluding hydrogens is 560 g/mol. The Morgan fingerprint density at radius 2 is 1.81 bits per heavy atom. The first-order chi connectivity index (χ1) is 20.0. The molecule has 0 aromatic heterocycles. The fourth-order valence-electron chi connectivity index (χ4n) is 4.57. The summed E-state index contributed by atoms with van der Waals surface area (Å²) in [6.45, 7) is 3.85. The highest BCUT2D eigenvalue weighted by molar-refractivity contribution is 7.92. The minimum Gasteiger partial charge on any atom is -0.497 e. The van der Waals surface area contributed by atoms with Gasteiger partial charge in [0.15, 0.2) is 0 Å². The molecule has 0 spiro atoms. The number of para-hydroxylation sites is 1. The third kappa shape index (κ3) is 7.12. The number of sulfonamides is 1. The number of ether oxygens (including phenoxy) is 2. The number of nitrogens with one attached hydrogen (secondary N) is 2. The normalized spacial score (nSPS) is 17.6. The second kappa shape index (κ2) is 13.1. The molecule has 1 aliphatic rings. The van der Waals surface area contributed by atoms with Gasteiger partial charge in [0, 0.05) is 30.9 Å². The van der Waals surface area contributed by atoms with E-state index in [-0.39, 0.29) is 53.5 Å². The van der Waals surface area contributed by atoms with E-state index in [9.17, 15) is 23.1 Å². The average molecular weight is 597 g/mol. The minimum absolute atomic E-state index is 0.0267. The Labute approximate surface area is 246 Å². The number of hydrogen-bond donors (Lipinski definition) is 3. The molecule has 42 heavy (non-hydrogen) atoms. The van der Waals surface area contributed by atoms with Crippen molar-refractivity contribution >= 4 is 33.3 Å². The Morgan fingerprint density at radius 3 is 2.45 bits per heavy atom. The molecule has 4 rings (SSSR count). The molecule has 1 aliphatic heterocycles. The first-order valence-corrected chi connectivity index (χ1v) is 15.0. The Balaban J connectivity index is 1.61. The van der Waals surface area contributed by atoms with Crippen LogP contribution in [0.1, 0.15) is 24.2 Å². The summed E-state index contributed by atoms with van der Waals surface area (Å²) in [4.78, 5) is 29.7. The number of benzene rings is 3. The van der Waals surface area contributed by atoms with Gasteiger partial charge in [-0.25, -0.2) is 13.2 Å². The molecule has 1 heterocycles. The smallest absolute Gasteiger partial charge is 0.321 e. The first kappa shape index (κ1) is 30.7. The lowest BCUT2D eigenvalue weighted by molar-refractivity contribution is 0.0371. The van der Waals surface area contributed by atoms with Crippen molar-refractivity contribution in [2.24, 2.45) is 5.92 Å². The van der Waals surface area contributed by atoms with Gasteiger partial charge in [0.25, 0.3) is 15.9 Å². The van der Waals surface area contributed by atoms with Gasteiger partial charge in [0.1, 0.15) is 17.6 Å². The Morgan fingerprint density at radius 1 is 1.12 bits per heavy atom. The number of hydrogen-bond acceptors (Lipinski definition) is 7. The highest BCUT2D eigenvalue weighted by Gasteiger charge is 2.34. The molecule has 0 radical (unpaired) electrons. The highest BCUT2D eigenvalue weighted by Crippen LogP contribution is 2.31. The number of likely N-dealkylation sites (N-methyl/N-ethyl adjacent to an activating group) is 1. The molecule has 12 heteroatoms. The van der Waals surface area contributed by atoms with Crippen LogP contribution in [0.15, 0.2) is 77.7 Å². The zero-order valence-electron chi connectivity index (χ0n) is 24.0. The predicted molar refractivity (Wildman–Crippen MR) is 159 cm³/mol. The van der Waals surface area contributed by atoms with Gasteiger partial charge in [-0.1, -0.05) is 25.1 Å². The van der Waals surface area contributed by atoms with E-state index in [0.717, 1.165) is 0 Å². The number of methoxy groups -OCH3 is 1. The SMILES string of the molecule is COc1ccc(S(=O)(=O)Nc2ccc3c(c2)C(=O)N([C@H](C)CO)C[C@@H](C)[C@H](CN(C)C(=O)Nc2ccccc2)O3)cc1. The van der Waals surface area contributed by atoms with Gasteiger partial charge in [0.05, 0.1) is 36.8 Å². The van der Waals surface area contributed by atoms with Crippen LogP contribution in [0, 0.1) is 5.92 Å². The monoisotopic (exact) mass is 596 g/mol. The minimum atomic E-state index is -3.97. The summed E-state index contributed by atoms with van der Waals surface area (Å²) in [5.41, 5.74) is 0.964. The summed E-state index contributed by atoms with van der Waals surface area (Å²) in [6.07, 6.45) is -0.515. The summed E-state index contributed by atoms with van der Waals surface area (Å²) in [7, 11) is -0.821. The Kier molecular flexibility index (Phi) is 9.59. The fraction of sp³-hybridized carbons (Fsp3) is 0.333. The maximum Gasteiger partial charge on any atom is 0.321 e. The summed E-state index contributed by atoms with van der Waals surface area (Å²) in [5.74, 6) is 0.146. The molecular formula is C30H36N4O7S. The molecule has 3 atom stereocenters. The molecule has 3 aromatic carbocycles. The number of aliphatic hydroxyl groups is 1. The van der Waals surface area contributed by atoms with E-state index in [1.165, 1.54) is 42.3 Å². The van der Waals surface area contributed by atoms with Crippen molar-refractivity contribution < 1.29 is 32.6 Å². The van der Waals surface area contributed by atoms with Crippen molar-refractivity contribution in [3.8, 4) is 11.5 Å². The summed E-state index contributed by atoms with van der Waals surface area (Å²) in [5, 5.41) is 12.8. The molecule has 3 aromatic rings. The predicted octanol–water partition coefficient (Wildman–Crippen LogP) is 3.88. The largest absolute Gasteiger partial charge is 0.497 e. The number of carbonyl (C=O) groups excluding carboxylic acids is 2. The standard InChI is InChI=1S/C30H36N4O7S/c1-20-17-34(21(2)19-35)29(36)26-16-23(32-42(38,39)25-13-11-24(40-4)12-14-25)10-15-27(26)41-28(20)18-33(3)30(37)31-22-8-6-5-7-9-22/h5-16,20-21,28,32,35H,17-19H2,1-4H3,(H,31,37)/t20-,21-,28+/m1/s1. The number of fused-ring (bicyclic) bond motifs is 1. The van der Waals surface area contributed by atoms with Gasteiger partial charge in [-0.2, -0.15) is 0 Å². The van der Waals surface area contributed by atoms with Crippen molar-refractivity contribution in [3.05, 3.63) is 78.4 Å². The maximum atomic E-state index is 13.7. The van der Waals surface area contributed by atoms with Crippen LogP contribution in [0.2, 0.25) is 0 Å². The van der Waals surface area contributed by atoms with E-state index in [1.54, 1.807) is 43.1 Å². The molecule has 3 N–H and O–H groups in total. The van der Waals surface area contributed by atoms with Crippen LogP contribution in [0.5, 0.6) is 11.5 Å². The van der Waals surface area contributed by atoms with Crippen molar-refractivity contribution in [1.29, 1.82) is 0 Å². The van der Waals surface area contributed by atoms with E-state index >= 15 is 0 Å². The molecule has 3 amide bonds. The second-order valence-electron chi connectivity index (χ2n) is 10.3. The van der Waals surface area contributed by atoms with Gasteiger partial charge in [0.2, 0.25) is 0 Å². The highest BCUT2D eigenvalue weighted by atomic mass is 32.2. The lowest BCUT2D eigenvalue weighted by Gasteiger charge is -2.38. The molecule has 0 fully saturated rings. The third-order valence-corrected chi connectivity index (χ3v) is 8.51. The van der Waals surface area contributed by atoms with E-state index < -0.39 is 28.1 Å². The first-order valence-electron chi connectivity index (χ1n) is 13.5. The van der Waals surface area contributed by atoms with E-state index in [2.05, 4.69) is 10.0 Å². The van der Waals surface area contributed by atoms with Crippen molar-refractivity contribution in [2.75, 3.05) is 43.9 Å². The molecule has 0 unspecified atom stereocenters. The van der Waals surface area contributed by atoms with Crippen LogP contribution >= 0.6 is 0 Å². The van der Waals surface area contributed by atoms with E-state index in [4.69, 9.17) is 9.47 Å². The summed E-state index contributed by atoms with van der Waals surface area (Å²) in [6, 6.07) is 18.7. The van der Waals surface area contributed by atoms with Gasteiger partial charge in [-0.3, -0.25) is 9.52 Å². The van der Waals surface area contributed by atoms with Crippen LogP contribution in [0.25, 0.3) is 0 Å². The zero-order valence-corrected chi connectivity index (χ0v) is 24.8. The van der Waals surface area contributed by atoms with E-state index in [1.807, 2.05) is 25.1 Å². The number of amides is 3. The van der Waals surface area contributed by atoms with Gasteiger partial charge in [-0.05, 0) is 61.5 Å².